The Morgan fingerprint density at radius 1 is 1.21 bits per heavy atom. The first kappa shape index (κ1) is 23.4. The maximum absolute atomic E-state index is 12.6. The number of nitrogens with zero attached hydrogens (tertiary/aromatic N) is 4. The normalized spacial score (nSPS) is 22.1. The van der Waals surface area contributed by atoms with Crippen LogP contribution in [0.25, 0.3) is 10.7 Å². The number of nitrogens with one attached hydrogen (secondary N) is 1. The van der Waals surface area contributed by atoms with E-state index in [0.717, 1.165) is 38.9 Å². The summed E-state index contributed by atoms with van der Waals surface area (Å²) in [4.78, 5) is 15.9. The molecule has 2 bridgehead atoms. The maximum Gasteiger partial charge on any atom is 0.230 e. The van der Waals surface area contributed by atoms with E-state index in [4.69, 9.17) is 0 Å². The lowest BCUT2D eigenvalue weighted by Crippen LogP contribution is -2.25. The van der Waals surface area contributed by atoms with Crippen LogP contribution in [0.15, 0.2) is 46.9 Å². The third-order valence-corrected chi connectivity index (χ3v) is 9.31. The Morgan fingerprint density at radius 3 is 2.68 bits per heavy atom. The van der Waals surface area contributed by atoms with Gasteiger partial charge in [0.05, 0.1) is 10.6 Å². The van der Waals surface area contributed by atoms with E-state index in [1.807, 2.05) is 14.1 Å². The molecular formula is C26H33N5OS2. The van der Waals surface area contributed by atoms with Crippen molar-refractivity contribution in [2.75, 3.05) is 24.7 Å². The number of thiophene rings is 1. The van der Waals surface area contributed by atoms with Crippen molar-refractivity contribution in [3.63, 3.8) is 0 Å². The molecule has 4 atom stereocenters. The Hall–Kier alpha value is -2.32. The third-order valence-electron chi connectivity index (χ3n) is 7.50. The van der Waals surface area contributed by atoms with E-state index in [-0.39, 0.29) is 5.91 Å². The molecule has 6 nitrogen and oxygen atoms in total. The van der Waals surface area contributed by atoms with Crippen molar-refractivity contribution in [3.8, 4) is 10.7 Å². The van der Waals surface area contributed by atoms with Crippen molar-refractivity contribution >= 4 is 34.7 Å². The minimum Gasteiger partial charge on any atom is -0.378 e. The van der Waals surface area contributed by atoms with Gasteiger partial charge < -0.3 is 10.2 Å². The van der Waals surface area contributed by atoms with Crippen molar-refractivity contribution in [2.45, 2.75) is 50.4 Å². The number of carbonyl (C=O) groups is 1. The van der Waals surface area contributed by atoms with E-state index >= 15 is 0 Å². The predicted octanol–water partition coefficient (Wildman–Crippen LogP) is 5.48. The number of hydrogen-bond donors (Lipinski definition) is 1. The number of carbonyl (C=O) groups excluding carboxylic acids is 1. The second-order valence-corrected chi connectivity index (χ2v) is 11.7. The van der Waals surface area contributed by atoms with Crippen LogP contribution in [0, 0.1) is 17.8 Å². The molecular weight excluding hydrogens is 462 g/mol. The van der Waals surface area contributed by atoms with Crippen molar-refractivity contribution in [1.29, 1.82) is 0 Å². The first-order valence-corrected chi connectivity index (χ1v) is 14.0. The van der Waals surface area contributed by atoms with Gasteiger partial charge in [0.1, 0.15) is 0 Å². The molecule has 2 aromatic heterocycles. The largest absolute Gasteiger partial charge is 0.378 e. The molecule has 0 radical (unpaired) electrons. The molecule has 1 N–H and O–H groups in total. The molecule has 0 aliphatic heterocycles. The molecule has 2 heterocycles. The molecule has 4 unspecified atom stereocenters. The van der Waals surface area contributed by atoms with Gasteiger partial charge in [-0.2, -0.15) is 0 Å². The fourth-order valence-corrected chi connectivity index (χ4v) is 7.24. The average molecular weight is 496 g/mol. The molecule has 1 aromatic carbocycles. The van der Waals surface area contributed by atoms with E-state index in [9.17, 15) is 4.79 Å². The van der Waals surface area contributed by atoms with Gasteiger partial charge in [0.25, 0.3) is 0 Å². The lowest BCUT2D eigenvalue weighted by molar-refractivity contribution is -0.118. The van der Waals surface area contributed by atoms with Gasteiger partial charge in [-0.1, -0.05) is 36.4 Å². The van der Waals surface area contributed by atoms with E-state index in [1.165, 1.54) is 37.4 Å². The van der Waals surface area contributed by atoms with Crippen LogP contribution in [0.3, 0.4) is 0 Å². The number of hydrogen-bond acceptors (Lipinski definition) is 6. The first-order valence-electron chi connectivity index (χ1n) is 12.1. The van der Waals surface area contributed by atoms with Crippen LogP contribution in [-0.2, 0) is 11.3 Å². The van der Waals surface area contributed by atoms with E-state index in [1.54, 1.807) is 11.3 Å². The van der Waals surface area contributed by atoms with Crippen molar-refractivity contribution in [3.05, 3.63) is 47.3 Å². The highest BCUT2D eigenvalue weighted by atomic mass is 32.2. The highest BCUT2D eigenvalue weighted by molar-refractivity contribution is 7.99. The zero-order valence-electron chi connectivity index (χ0n) is 20.1. The molecule has 2 saturated carbocycles. The number of rotatable bonds is 9. The Kier molecular flexibility index (Phi) is 6.97. The lowest BCUT2D eigenvalue weighted by atomic mass is 9.84. The molecule has 2 fully saturated rings. The van der Waals surface area contributed by atoms with Gasteiger partial charge in [0, 0.05) is 32.4 Å². The molecule has 3 aromatic rings. The molecule has 8 heteroatoms. The summed E-state index contributed by atoms with van der Waals surface area (Å²) >= 11 is 3.19. The summed E-state index contributed by atoms with van der Waals surface area (Å²) < 4.78 is 2.31. The number of anilines is 1. The van der Waals surface area contributed by atoms with Crippen LogP contribution >= 0.6 is 23.1 Å². The average Bonchev–Trinajstić information content (AvgIpc) is 3.65. The van der Waals surface area contributed by atoms with Gasteiger partial charge in [-0.15, -0.1) is 21.5 Å². The van der Waals surface area contributed by atoms with Crippen LogP contribution in [0.5, 0.6) is 0 Å². The number of amides is 1. The summed E-state index contributed by atoms with van der Waals surface area (Å²) in [5, 5.41) is 15.1. The fourth-order valence-electron chi connectivity index (χ4n) is 5.69. The predicted molar refractivity (Wildman–Crippen MR) is 140 cm³/mol. The van der Waals surface area contributed by atoms with Crippen molar-refractivity contribution in [1.82, 2.24) is 20.1 Å². The summed E-state index contributed by atoms with van der Waals surface area (Å²) in [6.07, 6.45) is 5.45. The lowest BCUT2D eigenvalue weighted by Gasteiger charge is -2.30. The third kappa shape index (κ3) is 4.89. The Morgan fingerprint density at radius 2 is 2.03 bits per heavy atom. The SMILES string of the molecule is CC(C1CC2CCC1C2)n1c(SCC(=O)NCc2ccc(N(C)C)cc2)nnc1-c1cccs1. The molecule has 34 heavy (non-hydrogen) atoms. The van der Waals surface area contributed by atoms with Gasteiger partial charge >= 0.3 is 0 Å². The van der Waals surface area contributed by atoms with E-state index in [0.29, 0.717) is 24.3 Å². The number of thioether (sulfide) groups is 1. The van der Waals surface area contributed by atoms with Crippen LogP contribution in [0.4, 0.5) is 5.69 Å². The zero-order chi connectivity index (χ0) is 23.7. The minimum absolute atomic E-state index is 0.0153. The van der Waals surface area contributed by atoms with Gasteiger partial charge in [-0.05, 0) is 73.1 Å². The maximum atomic E-state index is 12.6. The van der Waals surface area contributed by atoms with Gasteiger partial charge in [0.2, 0.25) is 5.91 Å². The first-order chi connectivity index (χ1) is 16.5. The van der Waals surface area contributed by atoms with Gasteiger partial charge in [-0.25, -0.2) is 0 Å². The molecule has 2 aliphatic rings. The quantitative estimate of drug-likeness (QED) is 0.398. The summed E-state index contributed by atoms with van der Waals surface area (Å²) in [5.74, 6) is 3.68. The van der Waals surface area contributed by atoms with Gasteiger partial charge in [-0.3, -0.25) is 9.36 Å². The van der Waals surface area contributed by atoms with E-state index < -0.39 is 0 Å². The summed E-state index contributed by atoms with van der Waals surface area (Å²) in [7, 11) is 4.05. The second kappa shape index (κ2) is 10.1. The Balaban J connectivity index is 1.25. The summed E-state index contributed by atoms with van der Waals surface area (Å²) in [5.41, 5.74) is 2.24. The highest BCUT2D eigenvalue weighted by Gasteiger charge is 2.43. The summed E-state index contributed by atoms with van der Waals surface area (Å²) in [6, 6.07) is 12.8. The smallest absolute Gasteiger partial charge is 0.230 e. The monoisotopic (exact) mass is 495 g/mol. The number of benzene rings is 1. The van der Waals surface area contributed by atoms with Crippen LogP contribution < -0.4 is 10.2 Å². The standard InChI is InChI=1S/C26H33N5OS2/c1-17(22-14-19-6-9-20(22)13-19)31-25(23-5-4-12-33-23)28-29-26(31)34-16-24(32)27-15-18-7-10-21(11-8-18)30(2)3/h4-5,7-8,10-12,17,19-20,22H,6,9,13-16H2,1-3H3,(H,27,32). The van der Waals surface area contributed by atoms with Crippen LogP contribution in [0.2, 0.25) is 0 Å². The molecule has 2 aliphatic carbocycles. The van der Waals surface area contributed by atoms with Crippen LogP contribution in [-0.4, -0.2) is 40.5 Å². The van der Waals surface area contributed by atoms with Crippen molar-refractivity contribution < 1.29 is 4.79 Å². The fraction of sp³-hybridized carbons (Fsp3) is 0.500. The molecule has 0 spiro atoms. The van der Waals surface area contributed by atoms with Crippen molar-refractivity contribution in [2.24, 2.45) is 17.8 Å². The van der Waals surface area contributed by atoms with Gasteiger partial charge in [0.15, 0.2) is 11.0 Å². The molecule has 5 rings (SSSR count). The zero-order valence-corrected chi connectivity index (χ0v) is 21.7. The Labute approximate surface area is 210 Å². The molecule has 1 amide bonds. The second-order valence-electron chi connectivity index (χ2n) is 9.86. The highest BCUT2D eigenvalue weighted by Crippen LogP contribution is 2.53. The molecule has 0 saturated heterocycles. The topological polar surface area (TPSA) is 63.1 Å². The Bertz CT molecular complexity index is 1110. The van der Waals surface area contributed by atoms with E-state index in [2.05, 4.69) is 73.7 Å². The minimum atomic E-state index is 0.0153. The molecule has 180 valence electrons. The van der Waals surface area contributed by atoms with Crippen LogP contribution in [0.1, 0.15) is 44.2 Å². The number of aromatic nitrogens is 3. The summed E-state index contributed by atoms with van der Waals surface area (Å²) in [6.45, 7) is 2.86. The number of fused-ring (bicyclic) bond motifs is 2.